The third-order valence-electron chi connectivity index (χ3n) is 2.67. The van der Waals surface area contributed by atoms with Gasteiger partial charge in [0.2, 0.25) is 5.91 Å². The van der Waals surface area contributed by atoms with Crippen molar-refractivity contribution < 1.29 is 9.53 Å². The smallest absolute Gasteiger partial charge is 0.287 e. The number of methoxy groups -OCH3 is 1. The number of anilines is 1. The van der Waals surface area contributed by atoms with Gasteiger partial charge >= 0.3 is 0 Å². The zero-order valence-corrected chi connectivity index (χ0v) is 13.5. The molecule has 0 atom stereocenters. The summed E-state index contributed by atoms with van der Waals surface area (Å²) in [7, 11) is 1.46. The van der Waals surface area contributed by atoms with Crippen LogP contribution >= 0.6 is 34.8 Å². The van der Waals surface area contributed by atoms with Crippen molar-refractivity contribution in [3.05, 3.63) is 49.8 Å². The molecule has 0 saturated carbocycles. The molecule has 0 bridgehead atoms. The lowest BCUT2D eigenvalue weighted by Gasteiger charge is -2.11. The molecule has 0 spiro atoms. The second-order valence-corrected chi connectivity index (χ2v) is 5.38. The third-order valence-corrected chi connectivity index (χ3v) is 3.66. The van der Waals surface area contributed by atoms with Gasteiger partial charge in [-0.3, -0.25) is 9.59 Å². The highest BCUT2D eigenvalue weighted by molar-refractivity contribution is 6.41. The van der Waals surface area contributed by atoms with Crippen LogP contribution in [-0.2, 0) is 11.3 Å². The van der Waals surface area contributed by atoms with Crippen molar-refractivity contribution in [2.24, 2.45) is 0 Å². The number of amides is 1. The molecule has 1 aromatic carbocycles. The molecule has 6 nitrogen and oxygen atoms in total. The Balaban J connectivity index is 2.19. The molecular weight excluding hydrogens is 353 g/mol. The van der Waals surface area contributed by atoms with Crippen LogP contribution in [0.3, 0.4) is 0 Å². The number of aromatic nitrogens is 2. The highest BCUT2D eigenvalue weighted by Gasteiger charge is 2.13. The number of halogens is 3. The van der Waals surface area contributed by atoms with E-state index in [9.17, 15) is 9.59 Å². The van der Waals surface area contributed by atoms with Crippen molar-refractivity contribution >= 4 is 46.4 Å². The molecule has 0 aliphatic rings. The number of carbonyl (C=O) groups is 1. The Kier molecular flexibility index (Phi) is 5.28. The highest BCUT2D eigenvalue weighted by atomic mass is 35.5. The van der Waals surface area contributed by atoms with Gasteiger partial charge in [0.1, 0.15) is 17.3 Å². The van der Waals surface area contributed by atoms with Gasteiger partial charge in [-0.2, -0.15) is 5.10 Å². The molecular formula is C13H10Cl3N3O3. The minimum Gasteiger partial charge on any atom is -0.495 e. The summed E-state index contributed by atoms with van der Waals surface area (Å²) in [6.07, 6.45) is 1.19. The Morgan fingerprint density at radius 2 is 2.09 bits per heavy atom. The molecule has 1 N–H and O–H groups in total. The minimum atomic E-state index is -0.651. The van der Waals surface area contributed by atoms with Crippen molar-refractivity contribution in [3.63, 3.8) is 0 Å². The molecule has 0 radical (unpaired) electrons. The topological polar surface area (TPSA) is 73.2 Å². The van der Waals surface area contributed by atoms with Crippen molar-refractivity contribution in [2.75, 3.05) is 12.4 Å². The van der Waals surface area contributed by atoms with Crippen LogP contribution in [0.15, 0.2) is 29.2 Å². The van der Waals surface area contributed by atoms with Crippen LogP contribution in [0.5, 0.6) is 5.75 Å². The summed E-state index contributed by atoms with van der Waals surface area (Å²) in [5.74, 6) is -0.0549. The number of benzene rings is 1. The fraction of sp³-hybridized carbons (Fsp3) is 0.154. The summed E-state index contributed by atoms with van der Waals surface area (Å²) in [4.78, 5) is 23.8. The quantitative estimate of drug-likeness (QED) is 0.907. The SMILES string of the molecule is COc1ccc(Cl)cc1NC(=O)Cn1ncc(Cl)c(Cl)c1=O. The molecule has 1 aromatic heterocycles. The van der Waals surface area contributed by atoms with Crippen LogP contribution in [0, 0.1) is 0 Å². The normalized spacial score (nSPS) is 10.4. The zero-order valence-electron chi connectivity index (χ0n) is 11.3. The molecule has 0 saturated heterocycles. The lowest BCUT2D eigenvalue weighted by Crippen LogP contribution is -2.29. The van der Waals surface area contributed by atoms with E-state index < -0.39 is 11.5 Å². The van der Waals surface area contributed by atoms with Crippen LogP contribution in [0.25, 0.3) is 0 Å². The lowest BCUT2D eigenvalue weighted by molar-refractivity contribution is -0.117. The Morgan fingerprint density at radius 1 is 1.36 bits per heavy atom. The van der Waals surface area contributed by atoms with Crippen LogP contribution in [-0.4, -0.2) is 22.8 Å². The van der Waals surface area contributed by atoms with E-state index in [1.54, 1.807) is 12.1 Å². The van der Waals surface area contributed by atoms with Crippen LogP contribution in [0.4, 0.5) is 5.69 Å². The zero-order chi connectivity index (χ0) is 16.3. The predicted octanol–water partition coefficient (Wildman–Crippen LogP) is 2.85. The average molecular weight is 363 g/mol. The fourth-order valence-electron chi connectivity index (χ4n) is 1.66. The average Bonchev–Trinajstić information content (AvgIpc) is 2.48. The Morgan fingerprint density at radius 3 is 2.77 bits per heavy atom. The summed E-state index contributed by atoms with van der Waals surface area (Å²) in [6, 6.07) is 4.77. The monoisotopic (exact) mass is 361 g/mol. The van der Waals surface area contributed by atoms with E-state index in [-0.39, 0.29) is 16.6 Å². The second kappa shape index (κ2) is 7.00. The van der Waals surface area contributed by atoms with Crippen molar-refractivity contribution in [1.29, 1.82) is 0 Å². The summed E-state index contributed by atoms with van der Waals surface area (Å²) >= 11 is 17.3. The fourth-order valence-corrected chi connectivity index (χ4v) is 2.10. The van der Waals surface area contributed by atoms with Gasteiger partial charge in [-0.1, -0.05) is 34.8 Å². The largest absolute Gasteiger partial charge is 0.495 e. The third kappa shape index (κ3) is 3.71. The standard InChI is InChI=1S/C13H10Cl3N3O3/c1-22-10-3-2-7(14)4-9(10)18-11(20)6-19-13(21)12(16)8(15)5-17-19/h2-5H,6H2,1H3,(H,18,20). The molecule has 0 aliphatic carbocycles. The van der Waals surface area contributed by atoms with E-state index in [2.05, 4.69) is 10.4 Å². The van der Waals surface area contributed by atoms with E-state index in [0.29, 0.717) is 16.5 Å². The van der Waals surface area contributed by atoms with Crippen molar-refractivity contribution in [2.45, 2.75) is 6.54 Å². The maximum Gasteiger partial charge on any atom is 0.287 e. The molecule has 1 amide bonds. The number of nitrogens with one attached hydrogen (secondary N) is 1. The number of hydrogen-bond acceptors (Lipinski definition) is 4. The Labute approximate surface area is 140 Å². The summed E-state index contributed by atoms with van der Waals surface area (Å²) in [5, 5.41) is 6.61. The Bertz CT molecular complexity index is 777. The van der Waals surface area contributed by atoms with Gasteiger partial charge < -0.3 is 10.1 Å². The number of ether oxygens (including phenoxy) is 1. The summed E-state index contributed by atoms with van der Waals surface area (Å²) in [6.45, 7) is -0.328. The molecule has 2 rings (SSSR count). The predicted molar refractivity (Wildman–Crippen MR) is 85.2 cm³/mol. The minimum absolute atomic E-state index is 0.0276. The van der Waals surface area contributed by atoms with Crippen LogP contribution < -0.4 is 15.6 Å². The first-order valence-corrected chi connectivity index (χ1v) is 7.10. The van der Waals surface area contributed by atoms with Crippen molar-refractivity contribution in [1.82, 2.24) is 9.78 Å². The molecule has 22 heavy (non-hydrogen) atoms. The summed E-state index contributed by atoms with van der Waals surface area (Å²) < 4.78 is 6.02. The lowest BCUT2D eigenvalue weighted by atomic mass is 10.3. The van der Waals surface area contributed by atoms with Gasteiger partial charge in [-0.05, 0) is 18.2 Å². The number of rotatable bonds is 4. The van der Waals surface area contributed by atoms with E-state index >= 15 is 0 Å². The van der Waals surface area contributed by atoms with Gasteiger partial charge in [0.05, 0.1) is 24.0 Å². The van der Waals surface area contributed by atoms with E-state index in [1.165, 1.54) is 19.4 Å². The highest BCUT2D eigenvalue weighted by Crippen LogP contribution is 2.27. The maximum atomic E-state index is 12.0. The van der Waals surface area contributed by atoms with Crippen LogP contribution in [0.2, 0.25) is 15.1 Å². The second-order valence-electron chi connectivity index (χ2n) is 4.16. The molecule has 0 aliphatic heterocycles. The molecule has 2 aromatic rings. The van der Waals surface area contributed by atoms with Gasteiger partial charge in [0, 0.05) is 5.02 Å². The molecule has 1 heterocycles. The van der Waals surface area contributed by atoms with Crippen molar-refractivity contribution in [3.8, 4) is 5.75 Å². The van der Waals surface area contributed by atoms with E-state index in [4.69, 9.17) is 39.5 Å². The maximum absolute atomic E-state index is 12.0. The molecule has 116 valence electrons. The molecule has 9 heteroatoms. The number of nitrogens with zero attached hydrogens (tertiary/aromatic N) is 2. The first-order chi connectivity index (χ1) is 10.4. The first-order valence-electron chi connectivity index (χ1n) is 5.97. The first kappa shape index (κ1) is 16.6. The van der Waals surface area contributed by atoms with Gasteiger partial charge in [-0.15, -0.1) is 0 Å². The van der Waals surface area contributed by atoms with E-state index in [0.717, 1.165) is 4.68 Å². The number of carbonyl (C=O) groups excluding carboxylic acids is 1. The molecule has 0 unspecified atom stereocenters. The van der Waals surface area contributed by atoms with E-state index in [1.807, 2.05) is 0 Å². The van der Waals surface area contributed by atoms with Gasteiger partial charge in [0.25, 0.3) is 5.56 Å². The van der Waals surface area contributed by atoms with Crippen LogP contribution in [0.1, 0.15) is 0 Å². The number of hydrogen-bond donors (Lipinski definition) is 1. The van der Waals surface area contributed by atoms with Gasteiger partial charge in [0.15, 0.2) is 0 Å². The molecule has 0 fully saturated rings. The summed E-state index contributed by atoms with van der Waals surface area (Å²) in [5.41, 5.74) is -0.268. The Hall–Kier alpha value is -1.76. The van der Waals surface area contributed by atoms with Gasteiger partial charge in [-0.25, -0.2) is 4.68 Å².